The Labute approximate surface area is 81.4 Å². The van der Waals surface area contributed by atoms with Crippen LogP contribution in [0.1, 0.15) is 12.5 Å². The molecule has 4 heteroatoms. The summed E-state index contributed by atoms with van der Waals surface area (Å²) in [5.41, 5.74) is 5.05. The largest absolute Gasteiger partial charge is 0.444 e. The Balaban J connectivity index is 2.41. The fourth-order valence-corrected chi connectivity index (χ4v) is 1.42. The summed E-state index contributed by atoms with van der Waals surface area (Å²) in [5.74, 6) is -0.360. The van der Waals surface area contributed by atoms with Gasteiger partial charge in [-0.2, -0.15) is 4.99 Å². The quantitative estimate of drug-likeness (QED) is 0.711. The summed E-state index contributed by atoms with van der Waals surface area (Å²) in [6.07, 6.45) is 0. The number of amidine groups is 1. The maximum absolute atomic E-state index is 11.5. The lowest BCUT2D eigenvalue weighted by Gasteiger charge is -2.20. The molecule has 0 saturated heterocycles. The van der Waals surface area contributed by atoms with Gasteiger partial charge in [0.25, 0.3) is 11.9 Å². The van der Waals surface area contributed by atoms with Crippen LogP contribution in [0, 0.1) is 0 Å². The predicted molar refractivity (Wildman–Crippen MR) is 51.5 cm³/mol. The Morgan fingerprint density at radius 2 is 2.00 bits per heavy atom. The summed E-state index contributed by atoms with van der Waals surface area (Å²) in [4.78, 5) is 15.1. The van der Waals surface area contributed by atoms with E-state index in [-0.39, 0.29) is 11.9 Å². The van der Waals surface area contributed by atoms with Gasteiger partial charge in [-0.1, -0.05) is 30.3 Å². The van der Waals surface area contributed by atoms with Gasteiger partial charge in [0.1, 0.15) is 0 Å². The third-order valence-corrected chi connectivity index (χ3v) is 2.25. The number of hydrogen-bond donors (Lipinski definition) is 1. The monoisotopic (exact) mass is 190 g/mol. The Bertz CT molecular complexity index is 400. The zero-order chi connectivity index (χ0) is 10.2. The number of hydrogen-bond acceptors (Lipinski definition) is 3. The number of rotatable bonds is 1. The molecule has 72 valence electrons. The Morgan fingerprint density at radius 3 is 2.50 bits per heavy atom. The van der Waals surface area contributed by atoms with E-state index in [1.807, 2.05) is 30.3 Å². The molecule has 1 aromatic carbocycles. The second kappa shape index (κ2) is 2.83. The molecule has 1 aliphatic heterocycles. The number of benzene rings is 1. The van der Waals surface area contributed by atoms with Gasteiger partial charge in [0.05, 0.1) is 0 Å². The van der Waals surface area contributed by atoms with Gasteiger partial charge in [0, 0.05) is 5.56 Å². The molecule has 0 bridgehead atoms. The van der Waals surface area contributed by atoms with Crippen molar-refractivity contribution in [2.24, 2.45) is 10.7 Å². The highest BCUT2D eigenvalue weighted by molar-refractivity contribution is 6.01. The van der Waals surface area contributed by atoms with Crippen molar-refractivity contribution in [2.75, 3.05) is 0 Å². The van der Waals surface area contributed by atoms with E-state index in [9.17, 15) is 4.79 Å². The molecular formula is C10H10N2O2. The first-order valence-corrected chi connectivity index (χ1v) is 4.26. The van der Waals surface area contributed by atoms with Crippen molar-refractivity contribution in [3.8, 4) is 0 Å². The van der Waals surface area contributed by atoms with E-state index in [1.54, 1.807) is 6.92 Å². The molecule has 1 amide bonds. The summed E-state index contributed by atoms with van der Waals surface area (Å²) < 4.78 is 5.23. The van der Waals surface area contributed by atoms with Gasteiger partial charge < -0.3 is 10.5 Å². The van der Waals surface area contributed by atoms with Crippen LogP contribution in [0.4, 0.5) is 0 Å². The molecule has 0 aliphatic carbocycles. The highest BCUT2D eigenvalue weighted by Crippen LogP contribution is 2.30. The number of carbonyl (C=O) groups is 1. The number of ether oxygens (including phenoxy) is 1. The number of nitrogens with zero attached hydrogens (tertiary/aromatic N) is 1. The zero-order valence-corrected chi connectivity index (χ0v) is 7.73. The molecular weight excluding hydrogens is 180 g/mol. The molecule has 1 heterocycles. The van der Waals surface area contributed by atoms with E-state index in [2.05, 4.69) is 4.99 Å². The van der Waals surface area contributed by atoms with Gasteiger partial charge in [-0.15, -0.1) is 0 Å². The van der Waals surface area contributed by atoms with Gasteiger partial charge in [-0.05, 0) is 6.92 Å². The molecule has 14 heavy (non-hydrogen) atoms. The van der Waals surface area contributed by atoms with Gasteiger partial charge in [0.15, 0.2) is 0 Å². The third-order valence-electron chi connectivity index (χ3n) is 2.25. The number of aliphatic imine (C=N–C) groups is 1. The van der Waals surface area contributed by atoms with Crippen LogP contribution in [-0.4, -0.2) is 11.9 Å². The van der Waals surface area contributed by atoms with Crippen LogP contribution in [-0.2, 0) is 15.1 Å². The highest BCUT2D eigenvalue weighted by atomic mass is 16.5. The summed E-state index contributed by atoms with van der Waals surface area (Å²) >= 11 is 0. The smallest absolute Gasteiger partial charge is 0.298 e. The van der Waals surface area contributed by atoms with Gasteiger partial charge in [0.2, 0.25) is 5.60 Å². The molecule has 0 radical (unpaired) electrons. The molecule has 1 unspecified atom stereocenters. The lowest BCUT2D eigenvalue weighted by molar-refractivity contribution is -0.130. The molecule has 2 rings (SSSR count). The molecule has 0 aromatic heterocycles. The zero-order valence-electron chi connectivity index (χ0n) is 7.73. The summed E-state index contributed by atoms with van der Waals surface area (Å²) in [5, 5.41) is 0. The fraction of sp³-hybridized carbons (Fsp3) is 0.200. The first kappa shape index (κ1) is 8.74. The number of carbonyl (C=O) groups excluding carboxylic acids is 1. The van der Waals surface area contributed by atoms with Crippen LogP contribution in [0.2, 0.25) is 0 Å². The minimum Gasteiger partial charge on any atom is -0.444 e. The molecule has 1 aromatic rings. The molecule has 1 aliphatic rings. The molecule has 4 nitrogen and oxygen atoms in total. The van der Waals surface area contributed by atoms with Gasteiger partial charge in [-0.3, -0.25) is 4.79 Å². The predicted octanol–water partition coefficient (Wildman–Crippen LogP) is 0.773. The fourth-order valence-electron chi connectivity index (χ4n) is 1.42. The topological polar surface area (TPSA) is 64.7 Å². The highest BCUT2D eigenvalue weighted by Gasteiger charge is 2.42. The van der Waals surface area contributed by atoms with Crippen molar-refractivity contribution in [2.45, 2.75) is 12.5 Å². The van der Waals surface area contributed by atoms with Crippen molar-refractivity contribution in [1.29, 1.82) is 0 Å². The summed E-state index contributed by atoms with van der Waals surface area (Å²) in [7, 11) is 0. The van der Waals surface area contributed by atoms with Crippen molar-refractivity contribution in [3.05, 3.63) is 35.9 Å². The normalized spacial score (nSPS) is 25.8. The van der Waals surface area contributed by atoms with Crippen molar-refractivity contribution in [1.82, 2.24) is 0 Å². The number of nitrogens with two attached hydrogens (primary N) is 1. The van der Waals surface area contributed by atoms with Crippen molar-refractivity contribution in [3.63, 3.8) is 0 Å². The van der Waals surface area contributed by atoms with Crippen LogP contribution >= 0.6 is 0 Å². The molecule has 1 atom stereocenters. The molecule has 0 saturated carbocycles. The second-order valence-corrected chi connectivity index (χ2v) is 3.26. The van der Waals surface area contributed by atoms with Crippen LogP contribution in [0.25, 0.3) is 0 Å². The van der Waals surface area contributed by atoms with Gasteiger partial charge >= 0.3 is 0 Å². The van der Waals surface area contributed by atoms with E-state index in [0.29, 0.717) is 0 Å². The van der Waals surface area contributed by atoms with E-state index >= 15 is 0 Å². The first-order chi connectivity index (χ1) is 6.63. The SMILES string of the molecule is CC1(c2ccccc2)OC(N)=NC1=O. The Kier molecular flexibility index (Phi) is 1.77. The maximum atomic E-state index is 11.5. The minimum absolute atomic E-state index is 0.0682. The third kappa shape index (κ3) is 1.16. The lowest BCUT2D eigenvalue weighted by Crippen LogP contribution is -2.31. The molecule has 0 spiro atoms. The van der Waals surface area contributed by atoms with Crippen molar-refractivity contribution >= 4 is 11.9 Å². The lowest BCUT2D eigenvalue weighted by atomic mass is 9.96. The van der Waals surface area contributed by atoms with E-state index in [1.165, 1.54) is 0 Å². The second-order valence-electron chi connectivity index (χ2n) is 3.26. The average Bonchev–Trinajstić information content (AvgIpc) is 2.43. The van der Waals surface area contributed by atoms with Crippen LogP contribution in [0.3, 0.4) is 0 Å². The Morgan fingerprint density at radius 1 is 1.36 bits per heavy atom. The van der Waals surface area contributed by atoms with Crippen LogP contribution in [0.15, 0.2) is 35.3 Å². The molecule has 2 N–H and O–H groups in total. The van der Waals surface area contributed by atoms with Crippen molar-refractivity contribution < 1.29 is 9.53 Å². The van der Waals surface area contributed by atoms with Crippen LogP contribution < -0.4 is 5.73 Å². The molecule has 0 fully saturated rings. The van der Waals surface area contributed by atoms with E-state index in [4.69, 9.17) is 10.5 Å². The van der Waals surface area contributed by atoms with Crippen LogP contribution in [0.5, 0.6) is 0 Å². The minimum atomic E-state index is -1.05. The standard InChI is InChI=1S/C10H10N2O2/c1-10(7-5-3-2-4-6-7)8(13)12-9(11)14-10/h2-6H,1H3,(H2,11,12,13). The van der Waals surface area contributed by atoms with E-state index < -0.39 is 5.60 Å². The number of amides is 1. The van der Waals surface area contributed by atoms with Gasteiger partial charge in [-0.25, -0.2) is 0 Å². The maximum Gasteiger partial charge on any atom is 0.298 e. The first-order valence-electron chi connectivity index (χ1n) is 4.26. The van der Waals surface area contributed by atoms with E-state index in [0.717, 1.165) is 5.56 Å². The Hall–Kier alpha value is -1.84. The average molecular weight is 190 g/mol. The summed E-state index contributed by atoms with van der Waals surface area (Å²) in [6.45, 7) is 1.66. The summed E-state index contributed by atoms with van der Waals surface area (Å²) in [6, 6.07) is 9.10.